The molecule has 0 unspecified atom stereocenters. The minimum atomic E-state index is -0.691. The lowest BCUT2D eigenvalue weighted by Crippen LogP contribution is -2.32. The minimum absolute atomic E-state index is 0.00832. The second-order valence-corrected chi connectivity index (χ2v) is 6.38. The molecule has 0 bridgehead atoms. The molecule has 1 atom stereocenters. The first-order chi connectivity index (χ1) is 13.1. The molecule has 0 saturated heterocycles. The van der Waals surface area contributed by atoms with E-state index in [1.165, 1.54) is 6.26 Å². The Morgan fingerprint density at radius 3 is 2.67 bits per heavy atom. The van der Waals surface area contributed by atoms with Crippen molar-refractivity contribution in [3.63, 3.8) is 0 Å². The smallest absolute Gasteiger partial charge is 0.259 e. The number of hydrogen-bond donors (Lipinski definition) is 1. The molecule has 3 aromatic rings. The summed E-state index contributed by atoms with van der Waals surface area (Å²) in [5, 5.41) is 9.59. The van der Waals surface area contributed by atoms with E-state index in [4.69, 9.17) is 14.9 Å². The van der Waals surface area contributed by atoms with Crippen molar-refractivity contribution in [2.45, 2.75) is 19.4 Å². The molecule has 1 aliphatic heterocycles. The van der Waals surface area contributed by atoms with Gasteiger partial charge in [0.15, 0.2) is 0 Å². The quantitative estimate of drug-likeness (QED) is 0.776. The van der Waals surface area contributed by atoms with Crippen LogP contribution in [-0.4, -0.2) is 4.57 Å². The van der Waals surface area contributed by atoms with Crippen molar-refractivity contribution in [1.82, 2.24) is 4.57 Å². The molecule has 2 aromatic heterocycles. The van der Waals surface area contributed by atoms with E-state index in [0.717, 1.165) is 11.3 Å². The topological polar surface area (TPSA) is 94.2 Å². The Kier molecular flexibility index (Phi) is 4.05. The lowest BCUT2D eigenvalue weighted by Gasteiger charge is -2.26. The SMILES string of the molecule is Cc1cc2c(c(=O)n1Cc1ccccc1)[C@H](c1ccco1)C(C#N)=C(N)O2. The van der Waals surface area contributed by atoms with Crippen LogP contribution in [0.2, 0.25) is 0 Å². The molecule has 0 spiro atoms. The van der Waals surface area contributed by atoms with Crippen LogP contribution >= 0.6 is 0 Å². The zero-order chi connectivity index (χ0) is 19.0. The third-order valence-electron chi connectivity index (χ3n) is 4.70. The van der Waals surface area contributed by atoms with E-state index >= 15 is 0 Å². The number of nitrogens with zero attached hydrogens (tertiary/aromatic N) is 2. The van der Waals surface area contributed by atoms with Gasteiger partial charge in [-0.15, -0.1) is 0 Å². The number of nitriles is 1. The van der Waals surface area contributed by atoms with Gasteiger partial charge in [-0.2, -0.15) is 5.26 Å². The van der Waals surface area contributed by atoms with Gasteiger partial charge in [0.25, 0.3) is 5.56 Å². The molecular formula is C21H17N3O3. The molecule has 1 aliphatic rings. The molecular weight excluding hydrogens is 342 g/mol. The van der Waals surface area contributed by atoms with Crippen LogP contribution in [0.4, 0.5) is 0 Å². The van der Waals surface area contributed by atoms with Gasteiger partial charge in [0.05, 0.1) is 24.3 Å². The highest BCUT2D eigenvalue weighted by Gasteiger charge is 2.35. The normalized spacial score (nSPS) is 15.8. The van der Waals surface area contributed by atoms with Crippen LogP contribution in [0.3, 0.4) is 0 Å². The van der Waals surface area contributed by atoms with Crippen molar-refractivity contribution in [3.05, 3.63) is 99.2 Å². The molecule has 1 aromatic carbocycles. The number of pyridine rings is 1. The monoisotopic (exact) mass is 359 g/mol. The van der Waals surface area contributed by atoms with Gasteiger partial charge in [0.1, 0.15) is 23.2 Å². The molecule has 0 saturated carbocycles. The molecule has 0 fully saturated rings. The largest absolute Gasteiger partial charge is 0.468 e. The highest BCUT2D eigenvalue weighted by atomic mass is 16.5. The van der Waals surface area contributed by atoms with Crippen molar-refractivity contribution in [3.8, 4) is 11.8 Å². The van der Waals surface area contributed by atoms with Gasteiger partial charge < -0.3 is 19.5 Å². The number of ether oxygens (including phenoxy) is 1. The van der Waals surface area contributed by atoms with E-state index < -0.39 is 5.92 Å². The number of hydrogen-bond acceptors (Lipinski definition) is 5. The Hall–Kier alpha value is -3.72. The van der Waals surface area contributed by atoms with Crippen LogP contribution in [0.5, 0.6) is 5.75 Å². The van der Waals surface area contributed by atoms with Gasteiger partial charge >= 0.3 is 0 Å². The van der Waals surface area contributed by atoms with Crippen LogP contribution in [0.25, 0.3) is 0 Å². The minimum Gasteiger partial charge on any atom is -0.468 e. The summed E-state index contributed by atoms with van der Waals surface area (Å²) in [6.45, 7) is 2.26. The zero-order valence-electron chi connectivity index (χ0n) is 14.7. The van der Waals surface area contributed by atoms with Crippen LogP contribution < -0.4 is 16.0 Å². The third kappa shape index (κ3) is 2.79. The van der Waals surface area contributed by atoms with Crippen LogP contribution in [0.1, 0.15) is 28.5 Å². The summed E-state index contributed by atoms with van der Waals surface area (Å²) >= 11 is 0. The molecule has 3 heterocycles. The molecule has 4 rings (SSSR count). The van der Waals surface area contributed by atoms with E-state index in [1.807, 2.05) is 37.3 Å². The van der Waals surface area contributed by atoms with Gasteiger partial charge in [0, 0.05) is 11.8 Å². The Morgan fingerprint density at radius 2 is 2.00 bits per heavy atom. The number of fused-ring (bicyclic) bond motifs is 1. The second-order valence-electron chi connectivity index (χ2n) is 6.38. The summed E-state index contributed by atoms with van der Waals surface area (Å²) in [5.41, 5.74) is 8.00. The second kappa shape index (κ2) is 6.54. The van der Waals surface area contributed by atoms with Crippen molar-refractivity contribution in [2.75, 3.05) is 0 Å². The van der Waals surface area contributed by atoms with E-state index in [2.05, 4.69) is 6.07 Å². The zero-order valence-corrected chi connectivity index (χ0v) is 14.7. The van der Waals surface area contributed by atoms with Crippen molar-refractivity contribution >= 4 is 0 Å². The number of aryl methyl sites for hydroxylation is 1. The van der Waals surface area contributed by atoms with Crippen molar-refractivity contribution in [2.24, 2.45) is 5.73 Å². The predicted octanol–water partition coefficient (Wildman–Crippen LogP) is 3.02. The molecule has 0 amide bonds. The highest BCUT2D eigenvalue weighted by molar-refractivity contribution is 5.53. The summed E-state index contributed by atoms with van der Waals surface area (Å²) in [6, 6.07) is 17.0. The summed E-state index contributed by atoms with van der Waals surface area (Å²) in [6.07, 6.45) is 1.51. The fourth-order valence-corrected chi connectivity index (χ4v) is 3.39. The van der Waals surface area contributed by atoms with E-state index in [-0.39, 0.29) is 17.0 Å². The van der Waals surface area contributed by atoms with Crippen molar-refractivity contribution in [1.29, 1.82) is 5.26 Å². The lowest BCUT2D eigenvalue weighted by atomic mass is 9.88. The number of nitrogens with two attached hydrogens (primary N) is 1. The maximum Gasteiger partial charge on any atom is 0.259 e. The number of rotatable bonds is 3. The molecule has 2 N–H and O–H groups in total. The Balaban J connectivity index is 1.92. The molecule has 0 radical (unpaired) electrons. The summed E-state index contributed by atoms with van der Waals surface area (Å²) in [7, 11) is 0. The number of benzene rings is 1. The molecule has 6 heteroatoms. The number of aromatic nitrogens is 1. The summed E-state index contributed by atoms with van der Waals surface area (Å²) in [5.74, 6) is 0.140. The molecule has 27 heavy (non-hydrogen) atoms. The standard InChI is InChI=1S/C21H17N3O3/c1-13-10-17-19(21(25)24(13)12-14-6-3-2-4-7-14)18(16-8-5-9-26-16)15(11-22)20(23)27-17/h2-10,18H,12,23H2,1H3/t18-/m0/s1. The van der Waals surface area contributed by atoms with E-state index in [9.17, 15) is 10.1 Å². The molecule has 0 aliphatic carbocycles. The maximum atomic E-state index is 13.4. The third-order valence-corrected chi connectivity index (χ3v) is 4.70. The Bertz CT molecular complexity index is 1120. The van der Waals surface area contributed by atoms with Crippen LogP contribution in [0.15, 0.2) is 75.5 Å². The van der Waals surface area contributed by atoms with Crippen LogP contribution in [-0.2, 0) is 6.54 Å². The Labute approximate surface area is 155 Å². The average molecular weight is 359 g/mol. The van der Waals surface area contributed by atoms with E-state index in [1.54, 1.807) is 22.8 Å². The number of furan rings is 1. The van der Waals surface area contributed by atoms with Gasteiger partial charge in [0.2, 0.25) is 5.88 Å². The fourth-order valence-electron chi connectivity index (χ4n) is 3.39. The van der Waals surface area contributed by atoms with Gasteiger partial charge in [-0.1, -0.05) is 30.3 Å². The fraction of sp³-hybridized carbons (Fsp3) is 0.143. The maximum absolute atomic E-state index is 13.4. The first-order valence-corrected chi connectivity index (χ1v) is 8.49. The lowest BCUT2D eigenvalue weighted by molar-refractivity contribution is 0.379. The van der Waals surface area contributed by atoms with E-state index in [0.29, 0.717) is 23.6 Å². The first-order valence-electron chi connectivity index (χ1n) is 8.49. The first kappa shape index (κ1) is 16.7. The average Bonchev–Trinajstić information content (AvgIpc) is 3.19. The highest BCUT2D eigenvalue weighted by Crippen LogP contribution is 2.40. The van der Waals surface area contributed by atoms with Gasteiger partial charge in [-0.25, -0.2) is 0 Å². The van der Waals surface area contributed by atoms with Crippen molar-refractivity contribution < 1.29 is 9.15 Å². The van der Waals surface area contributed by atoms with Crippen LogP contribution in [0, 0.1) is 18.3 Å². The van der Waals surface area contributed by atoms with Gasteiger partial charge in [-0.05, 0) is 24.6 Å². The predicted molar refractivity (Wildman–Crippen MR) is 99.0 cm³/mol. The van der Waals surface area contributed by atoms with Gasteiger partial charge in [-0.3, -0.25) is 4.79 Å². The molecule has 6 nitrogen and oxygen atoms in total. The summed E-state index contributed by atoms with van der Waals surface area (Å²) < 4.78 is 12.8. The molecule has 134 valence electrons. The Morgan fingerprint density at radius 1 is 1.22 bits per heavy atom. The summed E-state index contributed by atoms with van der Waals surface area (Å²) in [4.78, 5) is 13.4. The number of allylic oxidation sites excluding steroid dienone is 1.